The summed E-state index contributed by atoms with van der Waals surface area (Å²) in [5.74, 6) is 0. The van der Waals surface area contributed by atoms with Crippen LogP contribution < -0.4 is 0 Å². The molecule has 0 saturated heterocycles. The van der Waals surface area contributed by atoms with E-state index in [0.717, 1.165) is 0 Å². The van der Waals surface area contributed by atoms with E-state index in [1.165, 1.54) is 11.8 Å². The lowest BCUT2D eigenvalue weighted by Crippen LogP contribution is -1.77. The third-order valence-corrected chi connectivity index (χ3v) is 1.05. The first-order chi connectivity index (χ1) is 2.89. The summed E-state index contributed by atoms with van der Waals surface area (Å²) in [5.41, 5.74) is 0. The number of hydrogen-bond donors (Lipinski definition) is 0. The van der Waals surface area contributed by atoms with Crippen molar-refractivity contribution in [3.8, 4) is 0 Å². The topological polar surface area (TPSA) is 17.1 Å². The van der Waals surface area contributed by atoms with Crippen LogP contribution in [0.1, 0.15) is 0 Å². The van der Waals surface area contributed by atoms with Crippen LogP contribution in [0.15, 0.2) is 11.5 Å². The lowest BCUT2D eigenvalue weighted by atomic mass is 10.5. The molecule has 0 unspecified atom stereocenters. The van der Waals surface area contributed by atoms with Gasteiger partial charge in [-0.1, -0.05) is 17.8 Å². The molecule has 0 aliphatic carbocycles. The molecule has 0 bridgehead atoms. The second kappa shape index (κ2) is 1.47. The molecule has 1 aliphatic rings. The second-order valence-electron chi connectivity index (χ2n) is 0.852. The van der Waals surface area contributed by atoms with E-state index in [-0.39, 0.29) is 5.12 Å². The van der Waals surface area contributed by atoms with Gasteiger partial charge in [0.2, 0.25) is 5.12 Å². The summed E-state index contributed by atoms with van der Waals surface area (Å²) in [6.07, 6.45) is 4.08. The summed E-state index contributed by atoms with van der Waals surface area (Å²) in [6, 6.07) is 0. The molecule has 1 nitrogen and oxygen atoms in total. The average molecular weight is 98.1 g/mol. The lowest BCUT2D eigenvalue weighted by Gasteiger charge is -1.70. The molecule has 0 fully saturated rings. The molecule has 6 heavy (non-hydrogen) atoms. The van der Waals surface area contributed by atoms with Crippen LogP contribution in [0.25, 0.3) is 0 Å². The van der Waals surface area contributed by atoms with Crippen LogP contribution in [0, 0.1) is 6.42 Å². The standard InChI is InChI=1S/C4H2OS/c5-4-2-1-3-6-4/h1,3H. The molecule has 0 saturated carbocycles. The monoisotopic (exact) mass is 98.0 g/mol. The number of carbonyl (C=O) groups excluding carboxylic acids is 1. The summed E-state index contributed by atoms with van der Waals surface area (Å²) in [6.45, 7) is 0. The summed E-state index contributed by atoms with van der Waals surface area (Å²) in [4.78, 5) is 10.0. The molecular formula is C4H2OS. The smallest absolute Gasteiger partial charge is 0.205 e. The Morgan fingerprint density at radius 1 is 1.83 bits per heavy atom. The Labute approximate surface area is 40.4 Å². The normalized spacial score (nSPS) is 19.7. The molecular weight excluding hydrogens is 96.1 g/mol. The molecule has 0 aromatic carbocycles. The van der Waals surface area contributed by atoms with E-state index in [1.54, 1.807) is 11.5 Å². The van der Waals surface area contributed by atoms with E-state index < -0.39 is 0 Å². The zero-order valence-corrected chi connectivity index (χ0v) is 3.79. The molecule has 0 spiro atoms. The molecule has 2 radical (unpaired) electrons. The minimum atomic E-state index is 0.00926. The Balaban J connectivity index is 2.52. The Hall–Kier alpha value is -0.240. The zero-order chi connectivity index (χ0) is 4.41. The Kier molecular flexibility index (Phi) is 0.965. The van der Waals surface area contributed by atoms with E-state index >= 15 is 0 Å². The highest BCUT2D eigenvalue weighted by Gasteiger charge is 2.02. The maximum Gasteiger partial charge on any atom is 0.205 e. The van der Waals surface area contributed by atoms with Crippen LogP contribution in [-0.2, 0) is 4.79 Å². The number of thioether (sulfide) groups is 1. The van der Waals surface area contributed by atoms with E-state index in [1.807, 2.05) is 0 Å². The maximum atomic E-state index is 10.0. The first-order valence-electron chi connectivity index (χ1n) is 1.52. The summed E-state index contributed by atoms with van der Waals surface area (Å²) in [7, 11) is 0. The third-order valence-electron chi connectivity index (χ3n) is 0.444. The Morgan fingerprint density at radius 2 is 2.67 bits per heavy atom. The van der Waals surface area contributed by atoms with Crippen molar-refractivity contribution < 1.29 is 4.79 Å². The van der Waals surface area contributed by atoms with Crippen LogP contribution in [0.5, 0.6) is 0 Å². The van der Waals surface area contributed by atoms with Gasteiger partial charge in [0.15, 0.2) is 0 Å². The average Bonchev–Trinajstić information content (AvgIpc) is 1.86. The van der Waals surface area contributed by atoms with Crippen molar-refractivity contribution in [1.29, 1.82) is 0 Å². The molecule has 2 heteroatoms. The molecule has 0 amide bonds. The second-order valence-corrected chi connectivity index (χ2v) is 1.73. The number of carbonyl (C=O) groups is 1. The van der Waals surface area contributed by atoms with Gasteiger partial charge >= 0.3 is 0 Å². The van der Waals surface area contributed by atoms with Crippen LogP contribution in [0.2, 0.25) is 0 Å². The molecule has 1 aliphatic heterocycles. The van der Waals surface area contributed by atoms with Gasteiger partial charge in [0.05, 0.1) is 6.42 Å². The fraction of sp³-hybridized carbons (Fsp3) is 0. The van der Waals surface area contributed by atoms with Gasteiger partial charge in [-0.2, -0.15) is 0 Å². The summed E-state index contributed by atoms with van der Waals surface area (Å²) < 4.78 is 0. The van der Waals surface area contributed by atoms with E-state index in [0.29, 0.717) is 0 Å². The SMILES string of the molecule is O=C1[C]C=CS1. The minimum Gasteiger partial charge on any atom is -0.286 e. The number of allylic oxidation sites excluding steroid dienone is 1. The highest BCUT2D eigenvalue weighted by atomic mass is 32.2. The van der Waals surface area contributed by atoms with Crippen molar-refractivity contribution in [1.82, 2.24) is 0 Å². The van der Waals surface area contributed by atoms with Crippen molar-refractivity contribution in [2.45, 2.75) is 0 Å². The summed E-state index contributed by atoms with van der Waals surface area (Å²) >= 11 is 1.17. The van der Waals surface area contributed by atoms with Crippen molar-refractivity contribution in [3.63, 3.8) is 0 Å². The van der Waals surface area contributed by atoms with Gasteiger partial charge in [0.25, 0.3) is 0 Å². The molecule has 0 atom stereocenters. The maximum absolute atomic E-state index is 10.0. The third kappa shape index (κ3) is 0.627. The van der Waals surface area contributed by atoms with Crippen molar-refractivity contribution in [2.24, 2.45) is 0 Å². The van der Waals surface area contributed by atoms with E-state index in [4.69, 9.17) is 0 Å². The number of hydrogen-bond acceptors (Lipinski definition) is 2. The van der Waals surface area contributed by atoms with Gasteiger partial charge in [-0.05, 0) is 5.41 Å². The van der Waals surface area contributed by atoms with Crippen LogP contribution in [0.3, 0.4) is 0 Å². The van der Waals surface area contributed by atoms with Crippen molar-refractivity contribution in [3.05, 3.63) is 17.9 Å². The largest absolute Gasteiger partial charge is 0.286 e. The fourth-order valence-electron chi connectivity index (χ4n) is 0.232. The predicted octanol–water partition coefficient (Wildman–Crippen LogP) is 0.855. The van der Waals surface area contributed by atoms with Crippen LogP contribution in [0.4, 0.5) is 0 Å². The fourth-order valence-corrected chi connectivity index (χ4v) is 0.628. The van der Waals surface area contributed by atoms with Crippen LogP contribution >= 0.6 is 11.8 Å². The molecule has 0 aromatic heterocycles. The van der Waals surface area contributed by atoms with E-state index in [2.05, 4.69) is 6.42 Å². The highest BCUT2D eigenvalue weighted by Crippen LogP contribution is 2.13. The molecule has 0 aromatic rings. The Bertz CT molecular complexity index is 85.7. The predicted molar refractivity (Wildman–Crippen MR) is 25.0 cm³/mol. The van der Waals surface area contributed by atoms with Crippen LogP contribution in [-0.4, -0.2) is 5.12 Å². The van der Waals surface area contributed by atoms with E-state index in [9.17, 15) is 4.79 Å². The molecule has 1 rings (SSSR count). The number of rotatable bonds is 0. The first kappa shape index (κ1) is 3.93. The van der Waals surface area contributed by atoms with Gasteiger partial charge in [-0.3, -0.25) is 4.79 Å². The molecule has 1 heterocycles. The van der Waals surface area contributed by atoms with Crippen molar-refractivity contribution >= 4 is 16.9 Å². The van der Waals surface area contributed by atoms with Gasteiger partial charge in [0, 0.05) is 0 Å². The van der Waals surface area contributed by atoms with Gasteiger partial charge in [-0.15, -0.1) is 0 Å². The van der Waals surface area contributed by atoms with Crippen molar-refractivity contribution in [2.75, 3.05) is 0 Å². The molecule has 0 N–H and O–H groups in total. The lowest BCUT2D eigenvalue weighted by molar-refractivity contribution is -0.107. The Morgan fingerprint density at radius 3 is 2.83 bits per heavy atom. The molecule has 30 valence electrons. The highest BCUT2D eigenvalue weighted by molar-refractivity contribution is 8.16. The quantitative estimate of drug-likeness (QED) is 0.447. The van der Waals surface area contributed by atoms with Gasteiger partial charge < -0.3 is 0 Å². The summed E-state index contributed by atoms with van der Waals surface area (Å²) in [5, 5.41) is 1.72. The van der Waals surface area contributed by atoms with Gasteiger partial charge in [-0.25, -0.2) is 0 Å². The first-order valence-corrected chi connectivity index (χ1v) is 2.40. The zero-order valence-electron chi connectivity index (χ0n) is 2.97. The minimum absolute atomic E-state index is 0.00926. The van der Waals surface area contributed by atoms with Gasteiger partial charge in [0.1, 0.15) is 0 Å².